The standard InChI is InChI=1S/C12H13N5O3/c1-16-4-8(3-9(16)6-18)14-12(20)11-15-10(13-7-19)5-17(11)2/h3-7H,1-2H3,(H,13,19)(H,14,20). The highest BCUT2D eigenvalue weighted by Crippen LogP contribution is 2.13. The number of aryl methyl sites for hydroxylation is 2. The summed E-state index contributed by atoms with van der Waals surface area (Å²) in [5, 5.41) is 5.00. The fourth-order valence-corrected chi connectivity index (χ4v) is 1.76. The van der Waals surface area contributed by atoms with Crippen molar-refractivity contribution in [2.75, 3.05) is 10.6 Å². The molecule has 8 heteroatoms. The molecule has 0 saturated heterocycles. The van der Waals surface area contributed by atoms with Gasteiger partial charge in [-0.1, -0.05) is 0 Å². The van der Waals surface area contributed by atoms with Gasteiger partial charge in [0.2, 0.25) is 12.2 Å². The first-order chi connectivity index (χ1) is 9.55. The van der Waals surface area contributed by atoms with Crippen LogP contribution < -0.4 is 10.6 Å². The molecule has 0 aliphatic carbocycles. The van der Waals surface area contributed by atoms with E-state index in [4.69, 9.17) is 0 Å². The number of rotatable bonds is 5. The Hall–Kier alpha value is -2.90. The molecule has 20 heavy (non-hydrogen) atoms. The second-order valence-corrected chi connectivity index (χ2v) is 4.16. The van der Waals surface area contributed by atoms with Crippen LogP contribution in [0.4, 0.5) is 11.5 Å². The van der Waals surface area contributed by atoms with E-state index in [9.17, 15) is 14.4 Å². The lowest BCUT2D eigenvalue weighted by atomic mass is 10.4. The first-order valence-corrected chi connectivity index (χ1v) is 5.71. The molecule has 0 saturated carbocycles. The van der Waals surface area contributed by atoms with Crippen molar-refractivity contribution in [2.24, 2.45) is 14.1 Å². The molecule has 0 aliphatic rings. The number of carbonyl (C=O) groups excluding carboxylic acids is 3. The first kappa shape index (κ1) is 13.5. The number of aldehydes is 1. The van der Waals surface area contributed by atoms with Crippen molar-refractivity contribution in [3.05, 3.63) is 30.0 Å². The summed E-state index contributed by atoms with van der Waals surface area (Å²) in [4.78, 5) is 37.1. The highest BCUT2D eigenvalue weighted by Gasteiger charge is 2.15. The van der Waals surface area contributed by atoms with Gasteiger partial charge >= 0.3 is 0 Å². The van der Waals surface area contributed by atoms with Crippen molar-refractivity contribution in [1.82, 2.24) is 14.1 Å². The van der Waals surface area contributed by atoms with Gasteiger partial charge in [-0.15, -0.1) is 0 Å². The fraction of sp³-hybridized carbons (Fsp3) is 0.167. The zero-order valence-corrected chi connectivity index (χ0v) is 11.0. The van der Waals surface area contributed by atoms with E-state index in [1.807, 2.05) is 0 Å². The molecule has 2 aromatic rings. The Morgan fingerprint density at radius 2 is 2.00 bits per heavy atom. The third kappa shape index (κ3) is 2.58. The Bertz CT molecular complexity index is 671. The number of carbonyl (C=O) groups is 3. The van der Waals surface area contributed by atoms with Crippen LogP contribution in [0.1, 0.15) is 21.1 Å². The van der Waals surface area contributed by atoms with Crippen LogP contribution in [0.5, 0.6) is 0 Å². The molecular formula is C12H13N5O3. The SMILES string of the molecule is Cn1cc(NC(=O)c2nc(NC=O)cn2C)cc1C=O. The molecule has 2 aromatic heterocycles. The molecule has 2 rings (SSSR count). The van der Waals surface area contributed by atoms with E-state index in [0.717, 1.165) is 0 Å². The number of amides is 2. The molecule has 0 bridgehead atoms. The van der Waals surface area contributed by atoms with E-state index in [0.29, 0.717) is 24.1 Å². The van der Waals surface area contributed by atoms with Crippen molar-refractivity contribution in [3.8, 4) is 0 Å². The molecule has 0 radical (unpaired) electrons. The molecule has 104 valence electrons. The predicted octanol–water partition coefficient (Wildman–Crippen LogP) is 0.392. The highest BCUT2D eigenvalue weighted by atomic mass is 16.2. The molecule has 0 aliphatic heterocycles. The summed E-state index contributed by atoms with van der Waals surface area (Å²) in [7, 11) is 3.34. The van der Waals surface area contributed by atoms with Crippen LogP contribution in [0.15, 0.2) is 18.5 Å². The molecule has 2 N–H and O–H groups in total. The number of nitrogens with zero attached hydrogens (tertiary/aromatic N) is 3. The van der Waals surface area contributed by atoms with E-state index < -0.39 is 5.91 Å². The van der Waals surface area contributed by atoms with Gasteiger partial charge in [0.25, 0.3) is 5.91 Å². The molecule has 0 unspecified atom stereocenters. The second-order valence-electron chi connectivity index (χ2n) is 4.16. The fourth-order valence-electron chi connectivity index (χ4n) is 1.76. The van der Waals surface area contributed by atoms with E-state index in [2.05, 4.69) is 15.6 Å². The quantitative estimate of drug-likeness (QED) is 0.771. The largest absolute Gasteiger partial charge is 0.346 e. The maximum absolute atomic E-state index is 12.1. The van der Waals surface area contributed by atoms with Crippen LogP contribution in [0, 0.1) is 0 Å². The number of hydrogen-bond donors (Lipinski definition) is 2. The van der Waals surface area contributed by atoms with E-state index >= 15 is 0 Å². The molecule has 0 atom stereocenters. The van der Waals surface area contributed by atoms with Crippen LogP contribution in [0.25, 0.3) is 0 Å². The van der Waals surface area contributed by atoms with Crippen LogP contribution in [0.3, 0.4) is 0 Å². The molecule has 2 amide bonds. The average Bonchev–Trinajstić information content (AvgIpc) is 2.93. The Morgan fingerprint density at radius 1 is 1.25 bits per heavy atom. The third-order valence-corrected chi connectivity index (χ3v) is 2.71. The molecular weight excluding hydrogens is 262 g/mol. The minimum absolute atomic E-state index is 0.144. The Morgan fingerprint density at radius 3 is 2.60 bits per heavy atom. The molecule has 8 nitrogen and oxygen atoms in total. The van der Waals surface area contributed by atoms with E-state index in [1.165, 1.54) is 10.8 Å². The summed E-state index contributed by atoms with van der Waals surface area (Å²) in [5.41, 5.74) is 0.941. The van der Waals surface area contributed by atoms with Crippen LogP contribution >= 0.6 is 0 Å². The molecule has 0 spiro atoms. The van der Waals surface area contributed by atoms with Crippen molar-refractivity contribution >= 4 is 30.1 Å². The van der Waals surface area contributed by atoms with Crippen molar-refractivity contribution in [3.63, 3.8) is 0 Å². The van der Waals surface area contributed by atoms with E-state index in [1.54, 1.807) is 30.9 Å². The van der Waals surface area contributed by atoms with Gasteiger partial charge in [0.1, 0.15) is 0 Å². The van der Waals surface area contributed by atoms with Crippen molar-refractivity contribution in [1.29, 1.82) is 0 Å². The van der Waals surface area contributed by atoms with Crippen molar-refractivity contribution < 1.29 is 14.4 Å². The van der Waals surface area contributed by atoms with Crippen LogP contribution in [-0.4, -0.2) is 32.7 Å². The summed E-state index contributed by atoms with van der Waals surface area (Å²) in [6.07, 6.45) is 4.32. The van der Waals surface area contributed by atoms with Crippen LogP contribution in [0.2, 0.25) is 0 Å². The van der Waals surface area contributed by atoms with Gasteiger partial charge in [0.15, 0.2) is 12.1 Å². The first-order valence-electron chi connectivity index (χ1n) is 5.71. The lowest BCUT2D eigenvalue weighted by molar-refractivity contribution is -0.105. The van der Waals surface area contributed by atoms with Gasteiger partial charge < -0.3 is 19.8 Å². The normalized spacial score (nSPS) is 10.1. The third-order valence-electron chi connectivity index (χ3n) is 2.71. The second kappa shape index (κ2) is 5.39. The van der Waals surface area contributed by atoms with Crippen molar-refractivity contribution in [2.45, 2.75) is 0 Å². The molecule has 0 aromatic carbocycles. The smallest absolute Gasteiger partial charge is 0.291 e. The Kier molecular flexibility index (Phi) is 3.65. The Labute approximate surface area is 114 Å². The number of anilines is 2. The zero-order chi connectivity index (χ0) is 14.7. The average molecular weight is 275 g/mol. The summed E-state index contributed by atoms with van der Waals surface area (Å²) < 4.78 is 3.09. The summed E-state index contributed by atoms with van der Waals surface area (Å²) >= 11 is 0. The van der Waals surface area contributed by atoms with Gasteiger partial charge in [0, 0.05) is 26.5 Å². The maximum atomic E-state index is 12.1. The zero-order valence-electron chi connectivity index (χ0n) is 11.0. The topological polar surface area (TPSA) is 98.0 Å². The lowest BCUT2D eigenvalue weighted by Gasteiger charge is -2.01. The number of hydrogen-bond acceptors (Lipinski definition) is 4. The minimum Gasteiger partial charge on any atom is -0.346 e. The number of imidazole rings is 1. The number of aromatic nitrogens is 3. The van der Waals surface area contributed by atoms with Gasteiger partial charge in [-0.2, -0.15) is 0 Å². The molecule has 0 fully saturated rings. The van der Waals surface area contributed by atoms with Gasteiger partial charge in [-0.05, 0) is 6.07 Å². The maximum Gasteiger partial charge on any atom is 0.291 e. The summed E-state index contributed by atoms with van der Waals surface area (Å²) in [6.45, 7) is 0. The summed E-state index contributed by atoms with van der Waals surface area (Å²) in [5.74, 6) is -0.00496. The molecule has 2 heterocycles. The highest BCUT2D eigenvalue weighted by molar-refractivity contribution is 6.02. The summed E-state index contributed by atoms with van der Waals surface area (Å²) in [6, 6.07) is 1.55. The lowest BCUT2D eigenvalue weighted by Crippen LogP contribution is -2.16. The minimum atomic E-state index is -0.436. The van der Waals surface area contributed by atoms with Gasteiger partial charge in [0.05, 0.1) is 11.4 Å². The van der Waals surface area contributed by atoms with Gasteiger partial charge in [-0.3, -0.25) is 14.4 Å². The number of nitrogens with one attached hydrogen (secondary N) is 2. The Balaban J connectivity index is 2.18. The monoisotopic (exact) mass is 275 g/mol. The van der Waals surface area contributed by atoms with Crippen LogP contribution in [-0.2, 0) is 18.9 Å². The predicted molar refractivity (Wildman–Crippen MR) is 71.6 cm³/mol. The van der Waals surface area contributed by atoms with E-state index in [-0.39, 0.29) is 11.6 Å². The van der Waals surface area contributed by atoms with Gasteiger partial charge in [-0.25, -0.2) is 4.98 Å².